The number of aryl methyl sites for hydroxylation is 1. The Morgan fingerprint density at radius 3 is 2.63 bits per heavy atom. The van der Waals surface area contributed by atoms with Gasteiger partial charge in [0, 0.05) is 10.8 Å². The van der Waals surface area contributed by atoms with Crippen LogP contribution >= 0.6 is 11.3 Å². The van der Waals surface area contributed by atoms with Crippen molar-refractivity contribution >= 4 is 11.3 Å². The van der Waals surface area contributed by atoms with Gasteiger partial charge in [0.2, 0.25) is 0 Å². The van der Waals surface area contributed by atoms with Gasteiger partial charge in [-0.2, -0.15) is 0 Å². The van der Waals surface area contributed by atoms with Crippen molar-refractivity contribution in [2.75, 3.05) is 0 Å². The first-order valence-electron chi connectivity index (χ1n) is 7.04. The highest BCUT2D eigenvalue weighted by Crippen LogP contribution is 2.49. The average molecular weight is 272 g/mol. The summed E-state index contributed by atoms with van der Waals surface area (Å²) < 4.78 is 0. The summed E-state index contributed by atoms with van der Waals surface area (Å²) in [5, 5.41) is 13.4. The lowest BCUT2D eigenvalue weighted by Crippen LogP contribution is -2.36. The van der Waals surface area contributed by atoms with Gasteiger partial charge in [-0.15, -0.1) is 11.3 Å². The largest absolute Gasteiger partial charge is 0.384 e. The summed E-state index contributed by atoms with van der Waals surface area (Å²) in [6.07, 6.45) is 4.30. The second-order valence-electron chi connectivity index (χ2n) is 5.57. The Hall–Kier alpha value is -1.12. The minimum atomic E-state index is -0.669. The summed E-state index contributed by atoms with van der Waals surface area (Å²) in [4.78, 5) is 1.17. The predicted molar refractivity (Wildman–Crippen MR) is 80.6 cm³/mol. The summed E-state index contributed by atoms with van der Waals surface area (Å²) >= 11 is 1.70. The number of rotatable bonds is 2. The molecule has 0 saturated heterocycles. The van der Waals surface area contributed by atoms with Crippen LogP contribution in [-0.4, -0.2) is 5.11 Å². The summed E-state index contributed by atoms with van der Waals surface area (Å²) in [5.41, 5.74) is 1.84. The van der Waals surface area contributed by atoms with Crippen molar-refractivity contribution in [1.82, 2.24) is 0 Å². The van der Waals surface area contributed by atoms with Crippen LogP contribution in [0.2, 0.25) is 0 Å². The molecule has 2 unspecified atom stereocenters. The van der Waals surface area contributed by atoms with E-state index in [-0.39, 0.29) is 5.92 Å². The van der Waals surface area contributed by atoms with Crippen LogP contribution in [0.4, 0.5) is 0 Å². The van der Waals surface area contributed by atoms with Crippen molar-refractivity contribution < 1.29 is 5.11 Å². The highest BCUT2D eigenvalue weighted by molar-refractivity contribution is 7.10. The Labute approximate surface area is 118 Å². The van der Waals surface area contributed by atoms with Crippen molar-refractivity contribution in [1.29, 1.82) is 0 Å². The summed E-state index contributed by atoms with van der Waals surface area (Å²) in [6.45, 7) is 2.11. The topological polar surface area (TPSA) is 20.2 Å². The lowest BCUT2D eigenvalue weighted by molar-refractivity contribution is -0.0196. The maximum absolute atomic E-state index is 11.3. The third kappa shape index (κ3) is 2.24. The van der Waals surface area contributed by atoms with Crippen LogP contribution in [0.1, 0.15) is 47.6 Å². The molecule has 0 radical (unpaired) electrons. The van der Waals surface area contributed by atoms with E-state index >= 15 is 0 Å². The Morgan fingerprint density at radius 2 is 1.95 bits per heavy atom. The SMILES string of the molecule is Cc1ccsc1C1(O)CCCCC1c1ccccc1. The lowest BCUT2D eigenvalue weighted by atomic mass is 9.70. The smallest absolute Gasteiger partial charge is 0.106 e. The van der Waals surface area contributed by atoms with E-state index < -0.39 is 5.60 Å². The zero-order valence-corrected chi connectivity index (χ0v) is 12.1. The summed E-state index contributed by atoms with van der Waals surface area (Å²) in [6, 6.07) is 12.6. The second-order valence-corrected chi connectivity index (χ2v) is 6.48. The van der Waals surface area contributed by atoms with Crippen molar-refractivity contribution in [3.05, 3.63) is 57.8 Å². The predicted octanol–water partition coefficient (Wildman–Crippen LogP) is 4.60. The van der Waals surface area contributed by atoms with Gasteiger partial charge in [0.15, 0.2) is 0 Å². The molecule has 1 nitrogen and oxygen atoms in total. The quantitative estimate of drug-likeness (QED) is 0.847. The van der Waals surface area contributed by atoms with Crippen LogP contribution in [0.3, 0.4) is 0 Å². The average Bonchev–Trinajstić information content (AvgIpc) is 2.87. The third-order valence-electron chi connectivity index (χ3n) is 4.33. The van der Waals surface area contributed by atoms with Gasteiger partial charge in [0.1, 0.15) is 5.60 Å². The van der Waals surface area contributed by atoms with E-state index in [9.17, 15) is 5.11 Å². The second kappa shape index (κ2) is 5.10. The van der Waals surface area contributed by atoms with E-state index in [1.165, 1.54) is 22.4 Å². The van der Waals surface area contributed by atoms with Crippen LogP contribution in [0.5, 0.6) is 0 Å². The van der Waals surface area contributed by atoms with Crippen LogP contribution in [0.15, 0.2) is 41.8 Å². The lowest BCUT2D eigenvalue weighted by Gasteiger charge is -2.40. The molecule has 0 aliphatic heterocycles. The van der Waals surface area contributed by atoms with E-state index in [1.807, 2.05) is 6.07 Å². The maximum Gasteiger partial charge on any atom is 0.106 e. The van der Waals surface area contributed by atoms with Gasteiger partial charge >= 0.3 is 0 Å². The molecule has 0 amide bonds. The molecule has 1 heterocycles. The number of hydrogen-bond donors (Lipinski definition) is 1. The van der Waals surface area contributed by atoms with E-state index in [2.05, 4.69) is 42.6 Å². The molecule has 2 atom stereocenters. The van der Waals surface area contributed by atoms with E-state index in [4.69, 9.17) is 0 Å². The Morgan fingerprint density at radius 1 is 1.16 bits per heavy atom. The normalized spacial score (nSPS) is 27.4. The molecule has 0 bridgehead atoms. The summed E-state index contributed by atoms with van der Waals surface area (Å²) in [7, 11) is 0. The zero-order chi connectivity index (χ0) is 13.3. The number of thiophene rings is 1. The monoisotopic (exact) mass is 272 g/mol. The fourth-order valence-electron chi connectivity index (χ4n) is 3.37. The Balaban J connectivity index is 2.04. The molecule has 1 aromatic heterocycles. The molecule has 2 aromatic rings. The standard InChI is InChI=1S/C17H20OS/c1-13-10-12-19-16(13)17(18)11-6-5-9-15(17)14-7-3-2-4-8-14/h2-4,7-8,10,12,15,18H,5-6,9,11H2,1H3. The molecule has 0 spiro atoms. The molecule has 1 aliphatic carbocycles. The first-order chi connectivity index (χ1) is 9.22. The molecule has 3 rings (SSSR count). The van der Waals surface area contributed by atoms with Crippen LogP contribution in [0.25, 0.3) is 0 Å². The van der Waals surface area contributed by atoms with Crippen molar-refractivity contribution in [2.45, 2.75) is 44.1 Å². The summed E-state index contributed by atoms with van der Waals surface area (Å²) in [5.74, 6) is 0.236. The van der Waals surface area contributed by atoms with Gasteiger partial charge in [0.05, 0.1) is 0 Å². The van der Waals surface area contributed by atoms with E-state index in [0.29, 0.717) is 0 Å². The minimum Gasteiger partial charge on any atom is -0.384 e. The van der Waals surface area contributed by atoms with Crippen LogP contribution in [0, 0.1) is 6.92 Å². The number of hydrogen-bond acceptors (Lipinski definition) is 2. The van der Waals surface area contributed by atoms with Gasteiger partial charge in [0.25, 0.3) is 0 Å². The molecule has 1 N–H and O–H groups in total. The molecular weight excluding hydrogens is 252 g/mol. The van der Waals surface area contributed by atoms with Crippen molar-refractivity contribution in [3.63, 3.8) is 0 Å². The van der Waals surface area contributed by atoms with E-state index in [1.54, 1.807) is 11.3 Å². The van der Waals surface area contributed by atoms with Gasteiger partial charge < -0.3 is 5.11 Å². The molecule has 19 heavy (non-hydrogen) atoms. The maximum atomic E-state index is 11.3. The van der Waals surface area contributed by atoms with Gasteiger partial charge in [-0.05, 0) is 42.3 Å². The Kier molecular flexibility index (Phi) is 3.46. The number of aliphatic hydroxyl groups is 1. The van der Waals surface area contributed by atoms with Crippen molar-refractivity contribution in [2.24, 2.45) is 0 Å². The third-order valence-corrected chi connectivity index (χ3v) is 5.52. The molecule has 1 saturated carbocycles. The minimum absolute atomic E-state index is 0.236. The van der Waals surface area contributed by atoms with Gasteiger partial charge in [-0.1, -0.05) is 43.2 Å². The molecule has 1 aliphatic rings. The molecule has 1 aromatic carbocycles. The molecule has 1 fully saturated rings. The van der Waals surface area contributed by atoms with Gasteiger partial charge in [-0.25, -0.2) is 0 Å². The zero-order valence-electron chi connectivity index (χ0n) is 11.3. The Bertz CT molecular complexity index is 545. The fourth-order valence-corrected chi connectivity index (χ4v) is 4.48. The molecule has 100 valence electrons. The van der Waals surface area contributed by atoms with Crippen LogP contribution in [-0.2, 0) is 5.60 Å². The first kappa shape index (κ1) is 12.9. The van der Waals surface area contributed by atoms with Crippen LogP contribution < -0.4 is 0 Å². The number of benzene rings is 1. The highest BCUT2D eigenvalue weighted by atomic mass is 32.1. The fraction of sp³-hybridized carbons (Fsp3) is 0.412. The van der Waals surface area contributed by atoms with Gasteiger partial charge in [-0.3, -0.25) is 0 Å². The highest BCUT2D eigenvalue weighted by Gasteiger charge is 2.42. The molecular formula is C17H20OS. The first-order valence-corrected chi connectivity index (χ1v) is 7.91. The van der Waals surface area contributed by atoms with Crippen molar-refractivity contribution in [3.8, 4) is 0 Å². The molecule has 2 heteroatoms. The van der Waals surface area contributed by atoms with E-state index in [0.717, 1.165) is 19.3 Å².